The van der Waals surface area contributed by atoms with Crippen LogP contribution in [0, 0.1) is 6.92 Å². The minimum atomic E-state index is 0.471. The Labute approximate surface area is 109 Å². The van der Waals surface area contributed by atoms with Crippen molar-refractivity contribution in [3.63, 3.8) is 0 Å². The van der Waals surface area contributed by atoms with Crippen molar-refractivity contribution < 1.29 is 4.74 Å². The Morgan fingerprint density at radius 1 is 1.33 bits per heavy atom. The third kappa shape index (κ3) is 2.72. The normalized spacial score (nSPS) is 24.1. The van der Waals surface area contributed by atoms with Crippen LogP contribution in [0.4, 0.5) is 5.82 Å². The van der Waals surface area contributed by atoms with Crippen molar-refractivity contribution in [1.82, 2.24) is 15.3 Å². The molecule has 2 atom stereocenters. The zero-order chi connectivity index (χ0) is 13.1. The average molecular weight is 250 g/mol. The van der Waals surface area contributed by atoms with Crippen molar-refractivity contribution in [3.8, 4) is 5.88 Å². The molecular formula is C13H22N4O. The lowest BCUT2D eigenvalue weighted by Crippen LogP contribution is -2.54. The lowest BCUT2D eigenvalue weighted by Gasteiger charge is -2.37. The number of nitrogens with zero attached hydrogens (tertiary/aromatic N) is 3. The maximum atomic E-state index is 5.53. The monoisotopic (exact) mass is 250 g/mol. The highest BCUT2D eigenvalue weighted by Crippen LogP contribution is 2.25. The molecule has 0 aromatic carbocycles. The number of nitrogens with one attached hydrogen (secondary N) is 1. The number of anilines is 1. The minimum absolute atomic E-state index is 0.471. The number of rotatable bonds is 3. The van der Waals surface area contributed by atoms with Crippen LogP contribution in [-0.4, -0.2) is 41.7 Å². The second-order valence-corrected chi connectivity index (χ2v) is 4.93. The Hall–Kier alpha value is -1.36. The molecule has 1 aromatic heterocycles. The number of piperazine rings is 1. The van der Waals surface area contributed by atoms with Crippen LogP contribution in [-0.2, 0) is 0 Å². The van der Waals surface area contributed by atoms with Gasteiger partial charge in [0, 0.05) is 25.2 Å². The van der Waals surface area contributed by atoms with Gasteiger partial charge in [0.2, 0.25) is 5.88 Å². The molecule has 1 saturated heterocycles. The van der Waals surface area contributed by atoms with Gasteiger partial charge in [-0.2, -0.15) is 0 Å². The van der Waals surface area contributed by atoms with E-state index in [1.54, 1.807) is 6.33 Å². The maximum Gasteiger partial charge on any atom is 0.221 e. The van der Waals surface area contributed by atoms with E-state index in [9.17, 15) is 0 Å². The van der Waals surface area contributed by atoms with Crippen molar-refractivity contribution in [3.05, 3.63) is 11.9 Å². The molecule has 18 heavy (non-hydrogen) atoms. The minimum Gasteiger partial charge on any atom is -0.478 e. The molecule has 2 heterocycles. The predicted octanol–water partition coefficient (Wildman–Crippen LogP) is 1.37. The van der Waals surface area contributed by atoms with Crippen molar-refractivity contribution in [2.24, 2.45) is 0 Å². The summed E-state index contributed by atoms with van der Waals surface area (Å²) in [6.45, 7) is 11.0. The summed E-state index contributed by atoms with van der Waals surface area (Å²) < 4.78 is 5.53. The van der Waals surface area contributed by atoms with Crippen molar-refractivity contribution in [1.29, 1.82) is 0 Å². The Bertz CT molecular complexity index is 400. The standard InChI is InChI=1S/C13H22N4O/c1-5-18-13-11(4)12(14-8-15-13)17-6-9(2)16-10(3)7-17/h8-10,16H,5-7H2,1-4H3. The molecule has 1 N–H and O–H groups in total. The largest absolute Gasteiger partial charge is 0.478 e. The van der Waals surface area contributed by atoms with Gasteiger partial charge >= 0.3 is 0 Å². The van der Waals surface area contributed by atoms with E-state index in [0.717, 1.165) is 24.5 Å². The summed E-state index contributed by atoms with van der Waals surface area (Å²) in [6.07, 6.45) is 1.59. The molecule has 1 aliphatic heterocycles. The highest BCUT2D eigenvalue weighted by molar-refractivity contribution is 5.50. The van der Waals surface area contributed by atoms with E-state index in [2.05, 4.69) is 34.0 Å². The van der Waals surface area contributed by atoms with E-state index in [1.165, 1.54) is 0 Å². The SMILES string of the molecule is CCOc1ncnc(N2CC(C)NC(C)C2)c1C. The van der Waals surface area contributed by atoms with Gasteiger partial charge in [0.15, 0.2) is 0 Å². The fourth-order valence-corrected chi connectivity index (χ4v) is 2.53. The van der Waals surface area contributed by atoms with Gasteiger partial charge in [-0.1, -0.05) is 0 Å². The van der Waals surface area contributed by atoms with Gasteiger partial charge < -0.3 is 15.0 Å². The molecule has 2 rings (SSSR count). The Kier molecular flexibility index (Phi) is 4.01. The summed E-state index contributed by atoms with van der Waals surface area (Å²) in [5.41, 5.74) is 1.03. The molecule has 100 valence electrons. The molecule has 0 radical (unpaired) electrons. The first kappa shape index (κ1) is 13.1. The molecule has 5 nitrogen and oxygen atoms in total. The zero-order valence-corrected chi connectivity index (χ0v) is 11.6. The molecule has 2 unspecified atom stereocenters. The van der Waals surface area contributed by atoms with Crippen LogP contribution in [0.15, 0.2) is 6.33 Å². The van der Waals surface area contributed by atoms with Crippen LogP contribution in [0.5, 0.6) is 5.88 Å². The van der Waals surface area contributed by atoms with Crippen molar-refractivity contribution in [2.75, 3.05) is 24.6 Å². The average Bonchev–Trinajstić information content (AvgIpc) is 2.31. The molecule has 5 heteroatoms. The highest BCUT2D eigenvalue weighted by Gasteiger charge is 2.24. The Morgan fingerprint density at radius 3 is 2.61 bits per heavy atom. The molecule has 0 amide bonds. The summed E-state index contributed by atoms with van der Waals surface area (Å²) in [6, 6.07) is 0.942. The highest BCUT2D eigenvalue weighted by atomic mass is 16.5. The molecule has 1 aromatic rings. The van der Waals surface area contributed by atoms with Crippen LogP contribution < -0.4 is 15.0 Å². The van der Waals surface area contributed by atoms with E-state index < -0.39 is 0 Å². The molecular weight excluding hydrogens is 228 g/mol. The number of hydrogen-bond donors (Lipinski definition) is 1. The number of hydrogen-bond acceptors (Lipinski definition) is 5. The third-order valence-corrected chi connectivity index (χ3v) is 3.15. The van der Waals surface area contributed by atoms with Crippen LogP contribution in [0.3, 0.4) is 0 Å². The van der Waals surface area contributed by atoms with Crippen LogP contribution in [0.1, 0.15) is 26.3 Å². The van der Waals surface area contributed by atoms with Gasteiger partial charge in [0.25, 0.3) is 0 Å². The van der Waals surface area contributed by atoms with E-state index in [0.29, 0.717) is 24.6 Å². The zero-order valence-electron chi connectivity index (χ0n) is 11.6. The molecule has 0 bridgehead atoms. The van der Waals surface area contributed by atoms with Crippen molar-refractivity contribution in [2.45, 2.75) is 39.8 Å². The maximum absolute atomic E-state index is 5.53. The first-order valence-corrected chi connectivity index (χ1v) is 6.57. The Morgan fingerprint density at radius 2 is 2.00 bits per heavy atom. The lowest BCUT2D eigenvalue weighted by molar-refractivity contribution is 0.323. The number of ether oxygens (including phenoxy) is 1. The van der Waals surface area contributed by atoms with E-state index in [1.807, 2.05) is 13.8 Å². The summed E-state index contributed by atoms with van der Waals surface area (Å²) >= 11 is 0. The summed E-state index contributed by atoms with van der Waals surface area (Å²) in [5.74, 6) is 1.69. The molecule has 0 aliphatic carbocycles. The molecule has 0 spiro atoms. The lowest BCUT2D eigenvalue weighted by atomic mass is 10.1. The van der Waals surface area contributed by atoms with Crippen LogP contribution >= 0.6 is 0 Å². The Balaban J connectivity index is 2.24. The van der Waals surface area contributed by atoms with Crippen LogP contribution in [0.25, 0.3) is 0 Å². The van der Waals surface area contributed by atoms with Gasteiger partial charge in [0.1, 0.15) is 12.1 Å². The van der Waals surface area contributed by atoms with E-state index in [4.69, 9.17) is 4.74 Å². The molecule has 1 fully saturated rings. The van der Waals surface area contributed by atoms with Gasteiger partial charge in [-0.3, -0.25) is 0 Å². The molecule has 0 saturated carbocycles. The van der Waals surface area contributed by atoms with Gasteiger partial charge in [-0.05, 0) is 27.7 Å². The number of aromatic nitrogens is 2. The second-order valence-electron chi connectivity index (χ2n) is 4.93. The first-order valence-electron chi connectivity index (χ1n) is 6.57. The van der Waals surface area contributed by atoms with Gasteiger partial charge in [-0.25, -0.2) is 9.97 Å². The van der Waals surface area contributed by atoms with E-state index in [-0.39, 0.29) is 0 Å². The quantitative estimate of drug-likeness (QED) is 0.878. The first-order chi connectivity index (χ1) is 8.61. The van der Waals surface area contributed by atoms with Crippen LogP contribution in [0.2, 0.25) is 0 Å². The fourth-order valence-electron chi connectivity index (χ4n) is 2.53. The summed E-state index contributed by atoms with van der Waals surface area (Å²) in [7, 11) is 0. The van der Waals surface area contributed by atoms with Crippen molar-refractivity contribution >= 4 is 5.82 Å². The van der Waals surface area contributed by atoms with Gasteiger partial charge in [-0.15, -0.1) is 0 Å². The third-order valence-electron chi connectivity index (χ3n) is 3.15. The van der Waals surface area contributed by atoms with E-state index >= 15 is 0 Å². The summed E-state index contributed by atoms with van der Waals surface area (Å²) in [5, 5.41) is 3.52. The topological polar surface area (TPSA) is 50.3 Å². The second kappa shape index (κ2) is 5.52. The molecule has 1 aliphatic rings. The van der Waals surface area contributed by atoms with Gasteiger partial charge in [0.05, 0.1) is 12.2 Å². The predicted molar refractivity (Wildman–Crippen MR) is 72.2 cm³/mol. The fraction of sp³-hybridized carbons (Fsp3) is 0.692. The smallest absolute Gasteiger partial charge is 0.221 e. The summed E-state index contributed by atoms with van der Waals surface area (Å²) in [4.78, 5) is 10.9.